The largest absolute Gasteiger partial charge is 0.480 e. The maximum Gasteiger partial charge on any atom is 0.327 e. The van der Waals surface area contributed by atoms with E-state index in [1.165, 1.54) is 12.1 Å². The number of hydrogen-bond donors (Lipinski definition) is 2. The Labute approximate surface area is 125 Å². The summed E-state index contributed by atoms with van der Waals surface area (Å²) in [5, 5.41) is 11.0. The Kier molecular flexibility index (Phi) is 5.68. The van der Waals surface area contributed by atoms with E-state index < -0.39 is 45.1 Å². The van der Waals surface area contributed by atoms with Gasteiger partial charge in [-0.15, -0.1) is 0 Å². The Bertz CT molecular complexity index is 662. The van der Waals surface area contributed by atoms with Crippen molar-refractivity contribution in [2.24, 2.45) is 0 Å². The predicted molar refractivity (Wildman–Crippen MR) is 74.1 cm³/mol. The molecule has 0 radical (unpaired) electrons. The Morgan fingerprint density at radius 1 is 1.43 bits per heavy atom. The molecule has 116 valence electrons. The maximum atomic E-state index is 13.6. The first-order chi connectivity index (χ1) is 9.60. The molecule has 1 aromatic carbocycles. The topological polar surface area (TPSA) is 101 Å². The molecule has 21 heavy (non-hydrogen) atoms. The van der Waals surface area contributed by atoms with Crippen LogP contribution in [0.15, 0.2) is 18.2 Å². The van der Waals surface area contributed by atoms with Crippen molar-refractivity contribution >= 4 is 33.3 Å². The van der Waals surface area contributed by atoms with E-state index >= 15 is 0 Å². The van der Waals surface area contributed by atoms with Gasteiger partial charge in [-0.2, -0.15) is 0 Å². The van der Waals surface area contributed by atoms with Gasteiger partial charge in [0.25, 0.3) is 0 Å². The highest BCUT2D eigenvalue weighted by atomic mass is 35.5. The van der Waals surface area contributed by atoms with Gasteiger partial charge in [0, 0.05) is 17.5 Å². The summed E-state index contributed by atoms with van der Waals surface area (Å²) in [6.07, 6.45) is 0. The van der Waals surface area contributed by atoms with Gasteiger partial charge in [-0.05, 0) is 12.1 Å². The number of carbonyl (C=O) groups excluding carboxylic acids is 1. The molecule has 0 unspecified atom stereocenters. The Morgan fingerprint density at radius 2 is 2.05 bits per heavy atom. The van der Waals surface area contributed by atoms with Crippen LogP contribution >= 0.6 is 11.6 Å². The molecule has 0 aliphatic carbocycles. The summed E-state index contributed by atoms with van der Waals surface area (Å²) in [5.41, 5.74) is -0.119. The maximum absolute atomic E-state index is 13.6. The van der Waals surface area contributed by atoms with Gasteiger partial charge in [-0.3, -0.25) is 4.79 Å². The van der Waals surface area contributed by atoms with Gasteiger partial charge >= 0.3 is 5.97 Å². The zero-order valence-corrected chi connectivity index (χ0v) is 12.5. The lowest BCUT2D eigenvalue weighted by Gasteiger charge is -2.13. The molecule has 0 aliphatic rings. The lowest BCUT2D eigenvalue weighted by atomic mass is 10.2. The van der Waals surface area contributed by atoms with E-state index in [0.717, 1.165) is 13.0 Å². The first-order valence-corrected chi connectivity index (χ1v) is 7.95. The molecule has 0 saturated carbocycles. The molecular weight excluding hydrogens is 325 g/mol. The van der Waals surface area contributed by atoms with Crippen molar-refractivity contribution in [1.82, 2.24) is 5.32 Å². The number of rotatable bonds is 6. The van der Waals surface area contributed by atoms with E-state index in [-0.39, 0.29) is 10.6 Å². The fraction of sp³-hybridized carbons (Fsp3) is 0.333. The van der Waals surface area contributed by atoms with Crippen molar-refractivity contribution in [2.45, 2.75) is 18.7 Å². The summed E-state index contributed by atoms with van der Waals surface area (Å²) < 4.78 is 37.4. The molecule has 0 bridgehead atoms. The van der Waals surface area contributed by atoms with Gasteiger partial charge in [0.2, 0.25) is 5.91 Å². The van der Waals surface area contributed by atoms with Crippen LogP contribution in [0.25, 0.3) is 0 Å². The highest BCUT2D eigenvalue weighted by molar-refractivity contribution is 7.90. The van der Waals surface area contributed by atoms with Crippen molar-refractivity contribution in [3.05, 3.63) is 34.6 Å². The van der Waals surface area contributed by atoms with E-state index in [1.807, 2.05) is 5.32 Å². The third kappa shape index (κ3) is 5.68. The number of nitrogens with one attached hydrogen (secondary N) is 1. The van der Waals surface area contributed by atoms with E-state index in [2.05, 4.69) is 0 Å². The van der Waals surface area contributed by atoms with Gasteiger partial charge in [0.05, 0.1) is 11.5 Å². The molecule has 0 aliphatic heterocycles. The van der Waals surface area contributed by atoms with Crippen LogP contribution < -0.4 is 5.32 Å². The highest BCUT2D eigenvalue weighted by Gasteiger charge is 2.26. The lowest BCUT2D eigenvalue weighted by molar-refractivity contribution is -0.140. The van der Waals surface area contributed by atoms with Crippen LogP contribution in [-0.2, 0) is 25.2 Å². The molecule has 6 nitrogen and oxygen atoms in total. The Hall–Kier alpha value is -1.67. The molecule has 1 atom stereocenters. The third-order valence-corrected chi connectivity index (χ3v) is 4.31. The fourth-order valence-corrected chi connectivity index (χ4v) is 3.33. The molecule has 1 rings (SSSR count). The zero-order valence-electron chi connectivity index (χ0n) is 11.0. The zero-order chi connectivity index (χ0) is 16.2. The third-order valence-electron chi connectivity index (χ3n) is 2.49. The van der Waals surface area contributed by atoms with E-state index in [4.69, 9.17) is 16.7 Å². The summed E-state index contributed by atoms with van der Waals surface area (Å²) in [7, 11) is -3.94. The van der Waals surface area contributed by atoms with Crippen molar-refractivity contribution in [1.29, 1.82) is 0 Å². The van der Waals surface area contributed by atoms with Crippen molar-refractivity contribution in [2.75, 3.05) is 5.75 Å². The molecule has 0 spiro atoms. The minimum Gasteiger partial charge on any atom is -0.480 e. The fourth-order valence-electron chi connectivity index (χ4n) is 1.61. The lowest BCUT2D eigenvalue weighted by Crippen LogP contribution is -2.44. The number of sulfone groups is 1. The number of aliphatic carboxylic acids is 1. The van der Waals surface area contributed by atoms with Crippen molar-refractivity contribution in [3.63, 3.8) is 0 Å². The minimum absolute atomic E-state index is 0.119. The molecule has 1 aromatic rings. The molecule has 1 amide bonds. The molecule has 2 N–H and O–H groups in total. The van der Waals surface area contributed by atoms with Crippen LogP contribution in [0.5, 0.6) is 0 Å². The smallest absolute Gasteiger partial charge is 0.327 e. The molecule has 0 fully saturated rings. The van der Waals surface area contributed by atoms with E-state index in [9.17, 15) is 22.4 Å². The van der Waals surface area contributed by atoms with Crippen molar-refractivity contribution in [3.8, 4) is 0 Å². The van der Waals surface area contributed by atoms with Gasteiger partial charge in [0.1, 0.15) is 11.9 Å². The number of carboxylic acid groups (broad SMARTS) is 1. The van der Waals surface area contributed by atoms with Crippen LogP contribution in [0, 0.1) is 5.82 Å². The van der Waals surface area contributed by atoms with Crippen LogP contribution in [0.2, 0.25) is 5.02 Å². The number of carboxylic acids is 1. The highest BCUT2D eigenvalue weighted by Crippen LogP contribution is 2.17. The van der Waals surface area contributed by atoms with Crippen LogP contribution in [0.1, 0.15) is 12.5 Å². The Morgan fingerprint density at radius 3 is 2.52 bits per heavy atom. The monoisotopic (exact) mass is 337 g/mol. The first-order valence-electron chi connectivity index (χ1n) is 5.75. The average Bonchev–Trinajstić information content (AvgIpc) is 2.31. The standard InChI is InChI=1S/C12H13ClFNO5S/c1-7(16)15-11(12(17)18)6-21(19,20)5-8-2-3-9(13)4-10(8)14/h2-4,11H,5-6H2,1H3,(H,15,16)(H,17,18)/t11-/m0/s1. The summed E-state index contributed by atoms with van der Waals surface area (Å²) in [6, 6.07) is 1.93. The second-order valence-corrected chi connectivity index (χ2v) is 6.93. The van der Waals surface area contributed by atoms with E-state index in [0.29, 0.717) is 0 Å². The number of benzene rings is 1. The number of halogens is 2. The summed E-state index contributed by atoms with van der Waals surface area (Å²) in [4.78, 5) is 21.8. The molecule has 0 saturated heterocycles. The van der Waals surface area contributed by atoms with Gasteiger partial charge in [-0.25, -0.2) is 17.6 Å². The van der Waals surface area contributed by atoms with E-state index in [1.54, 1.807) is 0 Å². The summed E-state index contributed by atoms with van der Waals surface area (Å²) >= 11 is 5.56. The summed E-state index contributed by atoms with van der Waals surface area (Å²) in [5.74, 6) is -4.46. The number of hydrogen-bond acceptors (Lipinski definition) is 4. The van der Waals surface area contributed by atoms with Gasteiger partial charge in [0.15, 0.2) is 9.84 Å². The molecule has 9 heteroatoms. The summed E-state index contributed by atoms with van der Waals surface area (Å²) in [6.45, 7) is 1.07. The average molecular weight is 338 g/mol. The van der Waals surface area contributed by atoms with Crippen LogP contribution in [0.4, 0.5) is 4.39 Å². The van der Waals surface area contributed by atoms with Gasteiger partial charge < -0.3 is 10.4 Å². The molecular formula is C12H13ClFNO5S. The van der Waals surface area contributed by atoms with Crippen LogP contribution in [0.3, 0.4) is 0 Å². The van der Waals surface area contributed by atoms with Crippen molar-refractivity contribution < 1.29 is 27.5 Å². The molecule has 0 heterocycles. The second-order valence-electron chi connectivity index (χ2n) is 4.38. The minimum atomic E-state index is -3.94. The normalized spacial score (nSPS) is 12.7. The second kappa shape index (κ2) is 6.86. The SMILES string of the molecule is CC(=O)N[C@@H](CS(=O)(=O)Cc1ccc(Cl)cc1F)C(=O)O. The number of amides is 1. The Balaban J connectivity index is 2.90. The quantitative estimate of drug-likeness (QED) is 0.806. The predicted octanol–water partition coefficient (Wildman–Crippen LogP) is 0.983. The molecule has 0 aromatic heterocycles. The first kappa shape index (κ1) is 17.4. The number of carbonyl (C=O) groups is 2. The van der Waals surface area contributed by atoms with Gasteiger partial charge in [-0.1, -0.05) is 17.7 Å². The van der Waals surface area contributed by atoms with Crippen LogP contribution in [-0.4, -0.2) is 37.2 Å².